The Labute approximate surface area is 144 Å². The number of aryl methyl sites for hydroxylation is 1. The number of fused-ring (bicyclic) bond motifs is 3. The lowest BCUT2D eigenvalue weighted by atomic mass is 9.50. The molecule has 1 aromatic rings. The summed E-state index contributed by atoms with van der Waals surface area (Å²) in [6.07, 6.45) is 5.55. The Morgan fingerprint density at radius 1 is 1.21 bits per heavy atom. The molecule has 0 aliphatic heterocycles. The third-order valence-electron chi connectivity index (χ3n) is 6.79. The van der Waals surface area contributed by atoms with E-state index >= 15 is 0 Å². The van der Waals surface area contributed by atoms with Crippen LogP contribution >= 0.6 is 0 Å². The molecule has 0 heterocycles. The van der Waals surface area contributed by atoms with Gasteiger partial charge < -0.3 is 0 Å². The van der Waals surface area contributed by atoms with Gasteiger partial charge in [-0.2, -0.15) is 0 Å². The maximum atomic E-state index is 9.18. The molecule has 0 spiro atoms. The molecule has 1 saturated carbocycles. The van der Waals surface area contributed by atoms with Gasteiger partial charge in [-0.25, -0.2) is 9.78 Å². The maximum Gasteiger partial charge on any atom is 0.123 e. The molecule has 4 nitrogen and oxygen atoms in total. The molecule has 134 valence electrons. The van der Waals surface area contributed by atoms with Crippen molar-refractivity contribution in [1.29, 1.82) is 0 Å². The van der Waals surface area contributed by atoms with Gasteiger partial charge in [-0.05, 0) is 73.0 Å². The second-order valence-corrected chi connectivity index (χ2v) is 8.76. The average Bonchev–Trinajstić information content (AvgIpc) is 2.54. The van der Waals surface area contributed by atoms with Crippen molar-refractivity contribution in [3.05, 3.63) is 34.9 Å². The van der Waals surface area contributed by atoms with Gasteiger partial charge in [0.2, 0.25) is 0 Å². The minimum atomic E-state index is -0.696. The molecule has 0 aromatic heterocycles. The lowest BCUT2D eigenvalue weighted by molar-refractivity contribution is -0.318. The van der Waals surface area contributed by atoms with E-state index in [2.05, 4.69) is 41.8 Å². The summed E-state index contributed by atoms with van der Waals surface area (Å²) in [6.45, 7) is 8.79. The lowest BCUT2D eigenvalue weighted by Gasteiger charge is -2.55. The first-order valence-electron chi connectivity index (χ1n) is 9.00. The molecule has 2 N–H and O–H groups in total. The molecule has 2 unspecified atom stereocenters. The van der Waals surface area contributed by atoms with Gasteiger partial charge in [-0.1, -0.05) is 38.5 Å². The highest BCUT2D eigenvalue weighted by Crippen LogP contribution is 2.57. The lowest BCUT2D eigenvalue weighted by Crippen LogP contribution is -2.50. The van der Waals surface area contributed by atoms with Gasteiger partial charge in [0.05, 0.1) is 6.61 Å². The van der Waals surface area contributed by atoms with Crippen LogP contribution in [0.5, 0.6) is 0 Å². The summed E-state index contributed by atoms with van der Waals surface area (Å²) in [5.74, 6) is 0.506. The van der Waals surface area contributed by atoms with Crippen LogP contribution in [0.1, 0.15) is 70.1 Å². The molecule has 0 saturated heterocycles. The normalized spacial score (nSPS) is 33.0. The third-order valence-corrected chi connectivity index (χ3v) is 6.79. The number of rotatable bonds is 4. The van der Waals surface area contributed by atoms with Gasteiger partial charge in [0.25, 0.3) is 0 Å². The topological polar surface area (TPSA) is 58.9 Å². The van der Waals surface area contributed by atoms with Crippen LogP contribution in [0, 0.1) is 11.3 Å². The molecule has 1 aromatic carbocycles. The van der Waals surface area contributed by atoms with Gasteiger partial charge in [0, 0.05) is 0 Å². The predicted molar refractivity (Wildman–Crippen MR) is 92.9 cm³/mol. The zero-order valence-electron chi connectivity index (χ0n) is 15.3. The quantitative estimate of drug-likeness (QED) is 0.606. The molecule has 3 atom stereocenters. The Balaban J connectivity index is 2.01. The summed E-state index contributed by atoms with van der Waals surface area (Å²) in [6, 6.07) is 6.50. The van der Waals surface area contributed by atoms with E-state index in [9.17, 15) is 5.26 Å². The van der Waals surface area contributed by atoms with Gasteiger partial charge in [-0.15, -0.1) is 0 Å². The minimum absolute atomic E-state index is 0.0194. The predicted octanol–water partition coefficient (Wildman–Crippen LogP) is 4.91. The molecule has 3 rings (SSSR count). The molecular formula is C20H30O4. The summed E-state index contributed by atoms with van der Waals surface area (Å²) in [5.41, 5.74) is 3.22. The molecule has 0 radical (unpaired) electrons. The summed E-state index contributed by atoms with van der Waals surface area (Å²) >= 11 is 0. The molecular weight excluding hydrogens is 304 g/mol. The van der Waals surface area contributed by atoms with E-state index < -0.39 is 5.60 Å². The van der Waals surface area contributed by atoms with Crippen molar-refractivity contribution in [2.45, 2.75) is 70.8 Å². The summed E-state index contributed by atoms with van der Waals surface area (Å²) in [5, 5.41) is 18.2. The molecule has 0 amide bonds. The standard InChI is InChI=1S/C20H30O4/c1-18(2,24-22)15-7-8-16-14(12-15)6-9-17-19(3,13-23-21)10-5-11-20(16,17)4/h7-8,12,17,21-22H,5-6,9-11,13H2,1-4H3/t17?,19?,20-/m1/s1. The van der Waals surface area contributed by atoms with Crippen LogP contribution in [0.4, 0.5) is 0 Å². The Bertz CT molecular complexity index is 608. The highest BCUT2D eigenvalue weighted by atomic mass is 17.1. The summed E-state index contributed by atoms with van der Waals surface area (Å²) in [4.78, 5) is 9.27. The van der Waals surface area contributed by atoms with Crippen LogP contribution in [0.2, 0.25) is 0 Å². The van der Waals surface area contributed by atoms with E-state index in [-0.39, 0.29) is 10.8 Å². The SMILES string of the molecule is CC(C)(OO)c1ccc2c(c1)CCC1C(C)(COO)CCC[C@]21C. The molecule has 1 fully saturated rings. The minimum Gasteiger partial charge on any atom is -0.252 e. The molecule has 24 heavy (non-hydrogen) atoms. The second-order valence-electron chi connectivity index (χ2n) is 8.76. The third kappa shape index (κ3) is 2.70. The van der Waals surface area contributed by atoms with Crippen molar-refractivity contribution in [1.82, 2.24) is 0 Å². The fourth-order valence-electron chi connectivity index (χ4n) is 5.37. The Hall–Kier alpha value is -0.940. The van der Waals surface area contributed by atoms with Crippen molar-refractivity contribution in [3.8, 4) is 0 Å². The van der Waals surface area contributed by atoms with Crippen LogP contribution in [0.15, 0.2) is 18.2 Å². The van der Waals surface area contributed by atoms with E-state index in [1.165, 1.54) is 17.5 Å². The first-order chi connectivity index (χ1) is 11.3. The number of benzene rings is 1. The van der Waals surface area contributed by atoms with E-state index in [1.807, 2.05) is 13.8 Å². The van der Waals surface area contributed by atoms with E-state index in [4.69, 9.17) is 5.26 Å². The Kier molecular flexibility index (Phi) is 4.54. The maximum absolute atomic E-state index is 9.18. The zero-order valence-corrected chi connectivity index (χ0v) is 15.3. The van der Waals surface area contributed by atoms with Crippen molar-refractivity contribution >= 4 is 0 Å². The van der Waals surface area contributed by atoms with Gasteiger partial charge in [0.1, 0.15) is 5.60 Å². The van der Waals surface area contributed by atoms with Crippen molar-refractivity contribution in [2.24, 2.45) is 11.3 Å². The zero-order chi connectivity index (χ0) is 17.6. The molecule has 2 aliphatic rings. The van der Waals surface area contributed by atoms with Gasteiger partial charge in [-0.3, -0.25) is 10.5 Å². The smallest absolute Gasteiger partial charge is 0.123 e. The molecule has 0 bridgehead atoms. The van der Waals surface area contributed by atoms with E-state index in [0.717, 1.165) is 31.2 Å². The van der Waals surface area contributed by atoms with Crippen LogP contribution in [0.25, 0.3) is 0 Å². The van der Waals surface area contributed by atoms with Crippen LogP contribution in [0.3, 0.4) is 0 Å². The highest BCUT2D eigenvalue weighted by molar-refractivity contribution is 5.42. The van der Waals surface area contributed by atoms with Crippen LogP contribution in [-0.2, 0) is 27.2 Å². The summed E-state index contributed by atoms with van der Waals surface area (Å²) in [7, 11) is 0. The second kappa shape index (κ2) is 6.10. The monoisotopic (exact) mass is 334 g/mol. The first-order valence-corrected chi connectivity index (χ1v) is 9.00. The summed E-state index contributed by atoms with van der Waals surface area (Å²) < 4.78 is 0. The van der Waals surface area contributed by atoms with Crippen LogP contribution < -0.4 is 0 Å². The fourth-order valence-corrected chi connectivity index (χ4v) is 5.37. The van der Waals surface area contributed by atoms with Gasteiger partial charge in [0.15, 0.2) is 0 Å². The molecule has 4 heteroatoms. The first kappa shape index (κ1) is 17.9. The highest BCUT2D eigenvalue weighted by Gasteiger charge is 2.52. The van der Waals surface area contributed by atoms with Crippen molar-refractivity contribution in [2.75, 3.05) is 6.61 Å². The van der Waals surface area contributed by atoms with Gasteiger partial charge >= 0.3 is 0 Å². The van der Waals surface area contributed by atoms with E-state index in [0.29, 0.717) is 12.5 Å². The average molecular weight is 334 g/mol. The van der Waals surface area contributed by atoms with Crippen molar-refractivity contribution in [3.63, 3.8) is 0 Å². The van der Waals surface area contributed by atoms with E-state index in [1.54, 1.807) is 0 Å². The number of hydrogen-bond acceptors (Lipinski definition) is 4. The molecule has 2 aliphatic carbocycles. The largest absolute Gasteiger partial charge is 0.252 e. The Morgan fingerprint density at radius 3 is 2.62 bits per heavy atom. The van der Waals surface area contributed by atoms with Crippen LogP contribution in [-0.4, -0.2) is 17.1 Å². The van der Waals surface area contributed by atoms with Crippen molar-refractivity contribution < 1.29 is 20.3 Å². The Morgan fingerprint density at radius 2 is 1.96 bits per heavy atom. The number of hydrogen-bond donors (Lipinski definition) is 2. The fraction of sp³-hybridized carbons (Fsp3) is 0.700.